The molecular weight excluding hydrogens is 252 g/mol. The highest BCUT2D eigenvalue weighted by Gasteiger charge is 2.18. The first kappa shape index (κ1) is 13.2. The van der Waals surface area contributed by atoms with Crippen molar-refractivity contribution in [3.63, 3.8) is 0 Å². The fourth-order valence-electron chi connectivity index (χ4n) is 2.69. The van der Waals surface area contributed by atoms with Gasteiger partial charge in [-0.25, -0.2) is 0 Å². The molecule has 2 N–H and O–H groups in total. The van der Waals surface area contributed by atoms with Gasteiger partial charge in [0.2, 0.25) is 0 Å². The van der Waals surface area contributed by atoms with Gasteiger partial charge in [-0.2, -0.15) is 0 Å². The van der Waals surface area contributed by atoms with E-state index in [-0.39, 0.29) is 11.9 Å². The van der Waals surface area contributed by atoms with Crippen LogP contribution in [0.1, 0.15) is 35.4 Å². The Morgan fingerprint density at radius 2 is 2.20 bits per heavy atom. The molecule has 3 rings (SSSR count). The molecule has 1 aliphatic rings. The monoisotopic (exact) mass is 272 g/mol. The molecule has 0 saturated carbocycles. The molecule has 0 spiro atoms. The van der Waals surface area contributed by atoms with E-state index in [1.54, 1.807) is 0 Å². The third kappa shape index (κ3) is 2.85. The molecule has 1 amide bonds. The quantitative estimate of drug-likeness (QED) is 0.883. The second-order valence-electron chi connectivity index (χ2n) is 5.50. The highest BCUT2D eigenvalue weighted by atomic mass is 16.3. The number of fused-ring (bicyclic) bond motifs is 1. The van der Waals surface area contributed by atoms with Gasteiger partial charge in [0.25, 0.3) is 5.91 Å². The first-order valence-corrected chi connectivity index (χ1v) is 7.24. The Hall–Kier alpha value is -1.81. The zero-order valence-corrected chi connectivity index (χ0v) is 11.7. The van der Waals surface area contributed by atoms with Crippen LogP contribution in [0.25, 0.3) is 11.0 Å². The van der Waals surface area contributed by atoms with Crippen LogP contribution in [0.15, 0.2) is 28.7 Å². The van der Waals surface area contributed by atoms with E-state index < -0.39 is 0 Å². The zero-order valence-electron chi connectivity index (χ0n) is 11.7. The Morgan fingerprint density at radius 3 is 3.10 bits per heavy atom. The van der Waals surface area contributed by atoms with Gasteiger partial charge < -0.3 is 15.1 Å². The molecule has 0 radical (unpaired) electrons. The van der Waals surface area contributed by atoms with Crippen LogP contribution in [0.3, 0.4) is 0 Å². The second kappa shape index (κ2) is 5.67. The topological polar surface area (TPSA) is 54.3 Å². The first-order valence-electron chi connectivity index (χ1n) is 7.24. The number of carbonyl (C=O) groups is 1. The van der Waals surface area contributed by atoms with Gasteiger partial charge in [-0.1, -0.05) is 11.6 Å². The molecule has 1 atom stereocenters. The highest BCUT2D eigenvalue weighted by Crippen LogP contribution is 2.20. The second-order valence-corrected chi connectivity index (χ2v) is 5.50. The van der Waals surface area contributed by atoms with Crippen molar-refractivity contribution in [1.82, 2.24) is 10.6 Å². The van der Waals surface area contributed by atoms with Crippen molar-refractivity contribution in [1.29, 1.82) is 0 Å². The molecule has 0 bridgehead atoms. The molecule has 0 aliphatic carbocycles. The van der Waals surface area contributed by atoms with Gasteiger partial charge in [0, 0.05) is 11.4 Å². The van der Waals surface area contributed by atoms with Crippen molar-refractivity contribution in [2.45, 2.75) is 32.2 Å². The standard InChI is InChI=1S/C16H20N2O2/c1-11-4-5-14-12(9-11)10-15(20-14)16(19)18-13-3-2-7-17-8-6-13/h4-5,9-10,13,17H,2-3,6-8H2,1H3,(H,18,19). The first-order chi connectivity index (χ1) is 9.72. The van der Waals surface area contributed by atoms with Gasteiger partial charge in [-0.15, -0.1) is 0 Å². The number of carbonyl (C=O) groups excluding carboxylic acids is 1. The van der Waals surface area contributed by atoms with Crippen LogP contribution in [0.4, 0.5) is 0 Å². The molecule has 1 aliphatic heterocycles. The molecule has 1 aromatic carbocycles. The van der Waals surface area contributed by atoms with Crippen LogP contribution in [-0.4, -0.2) is 25.0 Å². The maximum absolute atomic E-state index is 12.3. The SMILES string of the molecule is Cc1ccc2oc(C(=O)NC3CCCNCC3)cc2c1. The van der Waals surface area contributed by atoms with Crippen molar-refractivity contribution in [3.8, 4) is 0 Å². The van der Waals surface area contributed by atoms with Crippen molar-refractivity contribution in [2.75, 3.05) is 13.1 Å². The van der Waals surface area contributed by atoms with Crippen LogP contribution in [0, 0.1) is 6.92 Å². The molecule has 1 saturated heterocycles. The molecule has 1 aromatic heterocycles. The Kier molecular flexibility index (Phi) is 3.74. The number of rotatable bonds is 2. The summed E-state index contributed by atoms with van der Waals surface area (Å²) in [6.07, 6.45) is 3.10. The minimum Gasteiger partial charge on any atom is -0.451 e. The lowest BCUT2D eigenvalue weighted by molar-refractivity contribution is 0.0908. The molecule has 106 valence electrons. The van der Waals surface area contributed by atoms with Crippen molar-refractivity contribution in [3.05, 3.63) is 35.6 Å². The number of nitrogens with one attached hydrogen (secondary N) is 2. The number of hydrogen-bond acceptors (Lipinski definition) is 3. The third-order valence-electron chi connectivity index (χ3n) is 3.81. The molecule has 1 unspecified atom stereocenters. The Morgan fingerprint density at radius 1 is 1.30 bits per heavy atom. The fraction of sp³-hybridized carbons (Fsp3) is 0.438. The zero-order chi connectivity index (χ0) is 13.9. The van der Waals surface area contributed by atoms with E-state index in [4.69, 9.17) is 4.42 Å². The van der Waals surface area contributed by atoms with Gasteiger partial charge in [-0.05, 0) is 57.5 Å². The lowest BCUT2D eigenvalue weighted by atomic mass is 10.1. The summed E-state index contributed by atoms with van der Waals surface area (Å²) in [6, 6.07) is 8.01. The summed E-state index contributed by atoms with van der Waals surface area (Å²) in [5.41, 5.74) is 1.93. The minimum absolute atomic E-state index is 0.106. The van der Waals surface area contributed by atoms with E-state index >= 15 is 0 Å². The van der Waals surface area contributed by atoms with E-state index in [2.05, 4.69) is 10.6 Å². The predicted molar refractivity (Wildman–Crippen MR) is 78.9 cm³/mol. The molecule has 4 heteroatoms. The van der Waals surface area contributed by atoms with E-state index in [0.29, 0.717) is 5.76 Å². The smallest absolute Gasteiger partial charge is 0.287 e. The largest absolute Gasteiger partial charge is 0.451 e. The average Bonchev–Trinajstić information content (AvgIpc) is 2.68. The van der Waals surface area contributed by atoms with Crippen molar-refractivity contribution in [2.24, 2.45) is 0 Å². The van der Waals surface area contributed by atoms with Crippen LogP contribution < -0.4 is 10.6 Å². The Labute approximate surface area is 118 Å². The number of amides is 1. The average molecular weight is 272 g/mol. The van der Waals surface area contributed by atoms with E-state index in [1.807, 2.05) is 31.2 Å². The summed E-state index contributed by atoms with van der Waals surface area (Å²) in [5.74, 6) is 0.300. The van der Waals surface area contributed by atoms with E-state index in [9.17, 15) is 4.79 Å². The van der Waals surface area contributed by atoms with Crippen LogP contribution in [0.5, 0.6) is 0 Å². The summed E-state index contributed by atoms with van der Waals surface area (Å²) in [5, 5.41) is 7.41. The molecular formula is C16H20N2O2. The summed E-state index contributed by atoms with van der Waals surface area (Å²) in [6.45, 7) is 4.03. The minimum atomic E-state index is -0.106. The fourth-order valence-corrected chi connectivity index (χ4v) is 2.69. The summed E-state index contributed by atoms with van der Waals surface area (Å²) < 4.78 is 5.63. The number of hydrogen-bond donors (Lipinski definition) is 2. The van der Waals surface area contributed by atoms with E-state index in [0.717, 1.165) is 43.3 Å². The predicted octanol–water partition coefficient (Wildman–Crippen LogP) is 2.61. The third-order valence-corrected chi connectivity index (χ3v) is 3.81. The normalized spacial score (nSPS) is 19.8. The summed E-state index contributed by atoms with van der Waals surface area (Å²) in [4.78, 5) is 12.3. The molecule has 2 aromatic rings. The van der Waals surface area contributed by atoms with Gasteiger partial charge in [-0.3, -0.25) is 4.79 Å². The number of furan rings is 1. The van der Waals surface area contributed by atoms with Crippen LogP contribution in [0.2, 0.25) is 0 Å². The van der Waals surface area contributed by atoms with Gasteiger partial charge in [0.1, 0.15) is 5.58 Å². The number of benzene rings is 1. The van der Waals surface area contributed by atoms with Crippen LogP contribution >= 0.6 is 0 Å². The summed E-state index contributed by atoms with van der Waals surface area (Å²) >= 11 is 0. The Bertz CT molecular complexity index is 610. The lowest BCUT2D eigenvalue weighted by Crippen LogP contribution is -2.35. The lowest BCUT2D eigenvalue weighted by Gasteiger charge is -2.14. The van der Waals surface area contributed by atoms with Crippen molar-refractivity contribution >= 4 is 16.9 Å². The van der Waals surface area contributed by atoms with Gasteiger partial charge in [0.15, 0.2) is 5.76 Å². The van der Waals surface area contributed by atoms with Gasteiger partial charge in [0.05, 0.1) is 0 Å². The Balaban J connectivity index is 1.74. The summed E-state index contributed by atoms with van der Waals surface area (Å²) in [7, 11) is 0. The molecule has 4 nitrogen and oxygen atoms in total. The van der Waals surface area contributed by atoms with Crippen LogP contribution in [-0.2, 0) is 0 Å². The molecule has 2 heterocycles. The molecule has 20 heavy (non-hydrogen) atoms. The highest BCUT2D eigenvalue weighted by molar-refractivity contribution is 5.96. The van der Waals surface area contributed by atoms with Crippen molar-refractivity contribution < 1.29 is 9.21 Å². The van der Waals surface area contributed by atoms with E-state index in [1.165, 1.54) is 5.56 Å². The molecule has 1 fully saturated rings. The number of aryl methyl sites for hydroxylation is 1. The maximum Gasteiger partial charge on any atom is 0.287 e. The maximum atomic E-state index is 12.3. The van der Waals surface area contributed by atoms with Gasteiger partial charge >= 0.3 is 0 Å².